The SMILES string of the molecule is CN1C(=O)c2ccccc2N(C)[P+]1([O-])OC(C(=O)C(F)(F)C(F)(F)C(F)(F)F)C(F)(F)F. The Hall–Kier alpha value is -2.19. The Morgan fingerprint density at radius 1 is 0.969 bits per heavy atom. The number of nitrogens with zero attached hydrogens (tertiary/aromatic N) is 2. The predicted octanol–water partition coefficient (Wildman–Crippen LogP) is 3.60. The second kappa shape index (κ2) is 7.70. The number of anilines is 1. The minimum absolute atomic E-state index is 0.00139. The molecule has 0 fully saturated rings. The van der Waals surface area contributed by atoms with Gasteiger partial charge in [-0.2, -0.15) is 53.1 Å². The first-order chi connectivity index (χ1) is 14.2. The van der Waals surface area contributed by atoms with E-state index in [1.807, 2.05) is 0 Å². The number of benzene rings is 1. The van der Waals surface area contributed by atoms with Crippen LogP contribution in [0.25, 0.3) is 0 Å². The molecule has 32 heavy (non-hydrogen) atoms. The van der Waals surface area contributed by atoms with E-state index in [1.165, 1.54) is 12.1 Å². The van der Waals surface area contributed by atoms with E-state index < -0.39 is 50.0 Å². The number of carbonyl (C=O) groups is 2. The van der Waals surface area contributed by atoms with E-state index in [-0.39, 0.29) is 15.9 Å². The van der Waals surface area contributed by atoms with Crippen molar-refractivity contribution >= 4 is 25.4 Å². The average Bonchev–Trinajstić information content (AvgIpc) is 2.66. The summed E-state index contributed by atoms with van der Waals surface area (Å²) in [6, 6.07) is 4.71. The Morgan fingerprint density at radius 3 is 1.94 bits per heavy atom. The molecule has 1 amide bonds. The lowest BCUT2D eigenvalue weighted by Crippen LogP contribution is -2.62. The molecule has 0 N–H and O–H groups in total. The topological polar surface area (TPSA) is 72.9 Å². The summed E-state index contributed by atoms with van der Waals surface area (Å²) in [6.07, 6.45) is -18.1. The Balaban J connectivity index is 2.57. The second-order valence-electron chi connectivity index (χ2n) is 6.40. The molecule has 0 radical (unpaired) electrons. The second-order valence-corrected chi connectivity index (χ2v) is 8.79. The normalized spacial score (nSPS) is 21.5. The summed E-state index contributed by atoms with van der Waals surface area (Å²) in [7, 11) is -4.08. The molecule has 0 aromatic heterocycles. The minimum atomic E-state index is -7.22. The Labute approximate surface area is 172 Å². The number of hydrogen-bond donors (Lipinski definition) is 0. The van der Waals surface area contributed by atoms with Crippen LogP contribution in [0.15, 0.2) is 24.3 Å². The zero-order valence-electron chi connectivity index (χ0n) is 15.6. The van der Waals surface area contributed by atoms with Crippen LogP contribution in [0.4, 0.5) is 49.6 Å². The van der Waals surface area contributed by atoms with Gasteiger partial charge in [-0.1, -0.05) is 12.1 Å². The van der Waals surface area contributed by atoms with Gasteiger partial charge in [-0.3, -0.25) is 9.59 Å². The molecule has 2 unspecified atom stereocenters. The number of Topliss-reactive ketones (excluding diaryl/α,β-unsaturated/α-hetero) is 1. The van der Waals surface area contributed by atoms with E-state index in [9.17, 15) is 58.4 Å². The largest absolute Gasteiger partial charge is 0.617 e. The molecule has 1 aliphatic heterocycles. The lowest BCUT2D eigenvalue weighted by molar-refractivity contribution is -0.347. The number of hydrogen-bond acceptors (Lipinski definition) is 5. The molecule has 2 atom stereocenters. The van der Waals surface area contributed by atoms with Gasteiger partial charge in [0.1, 0.15) is 0 Å². The molecule has 0 saturated heterocycles. The van der Waals surface area contributed by atoms with Crippen molar-refractivity contribution in [1.82, 2.24) is 4.67 Å². The third kappa shape index (κ3) is 3.88. The number of rotatable bonds is 5. The number of fused-ring (bicyclic) bond motifs is 1. The van der Waals surface area contributed by atoms with Crippen molar-refractivity contribution in [3.8, 4) is 0 Å². The monoisotopic (exact) mass is 504 g/mol. The van der Waals surface area contributed by atoms with Crippen LogP contribution in [0, 0.1) is 0 Å². The number of ketones is 1. The quantitative estimate of drug-likeness (QED) is 0.453. The predicted molar refractivity (Wildman–Crippen MR) is 85.7 cm³/mol. The zero-order chi connectivity index (χ0) is 25.1. The van der Waals surface area contributed by atoms with Gasteiger partial charge < -0.3 is 4.89 Å². The van der Waals surface area contributed by atoms with Gasteiger partial charge in [0.25, 0.3) is 17.8 Å². The van der Waals surface area contributed by atoms with E-state index in [0.29, 0.717) is 11.7 Å². The van der Waals surface area contributed by atoms with Crippen molar-refractivity contribution in [2.45, 2.75) is 30.3 Å². The molecule has 0 saturated carbocycles. The van der Waals surface area contributed by atoms with Crippen molar-refractivity contribution in [3.05, 3.63) is 29.8 Å². The maximum Gasteiger partial charge on any atom is 0.460 e. The van der Waals surface area contributed by atoms with Gasteiger partial charge in [0.2, 0.25) is 0 Å². The van der Waals surface area contributed by atoms with Crippen LogP contribution in [0.1, 0.15) is 10.4 Å². The molecule has 0 bridgehead atoms. The number of halogens is 10. The molecule has 0 spiro atoms. The Kier molecular flexibility index (Phi) is 6.27. The van der Waals surface area contributed by atoms with Crippen LogP contribution in [-0.2, 0) is 9.32 Å². The van der Waals surface area contributed by atoms with Gasteiger partial charge in [0.15, 0.2) is 0 Å². The van der Waals surface area contributed by atoms with Crippen LogP contribution < -0.4 is 9.56 Å². The van der Waals surface area contributed by atoms with E-state index in [4.69, 9.17) is 0 Å². The van der Waals surface area contributed by atoms with E-state index in [0.717, 1.165) is 19.2 Å². The molecule has 1 aromatic carbocycles. The van der Waals surface area contributed by atoms with Crippen molar-refractivity contribution in [2.75, 3.05) is 18.8 Å². The van der Waals surface area contributed by atoms with Crippen molar-refractivity contribution in [1.29, 1.82) is 0 Å². The fraction of sp³-hybridized carbons (Fsp3) is 0.467. The zero-order valence-corrected chi connectivity index (χ0v) is 16.5. The van der Waals surface area contributed by atoms with Crippen LogP contribution in [-0.4, -0.2) is 60.8 Å². The number of carbonyl (C=O) groups excluding carboxylic acids is 2. The molecular weight excluding hydrogens is 493 g/mol. The van der Waals surface area contributed by atoms with Crippen LogP contribution in [0.2, 0.25) is 0 Å². The first kappa shape index (κ1) is 26.1. The fourth-order valence-corrected chi connectivity index (χ4v) is 4.55. The first-order valence-corrected chi connectivity index (χ1v) is 9.58. The summed E-state index contributed by atoms with van der Waals surface area (Å²) in [6.45, 7) is 0. The number of para-hydroxylation sites is 1. The van der Waals surface area contributed by atoms with Crippen molar-refractivity contribution in [2.24, 2.45) is 0 Å². The van der Waals surface area contributed by atoms with E-state index >= 15 is 0 Å². The third-order valence-electron chi connectivity index (χ3n) is 4.37. The number of alkyl halides is 10. The lowest BCUT2D eigenvalue weighted by atomic mass is 10.0. The summed E-state index contributed by atoms with van der Waals surface area (Å²) in [4.78, 5) is 37.1. The molecule has 1 aliphatic rings. The molecule has 1 aromatic rings. The highest BCUT2D eigenvalue weighted by molar-refractivity contribution is 7.64. The molecule has 0 aliphatic carbocycles. The maximum atomic E-state index is 13.7. The smallest absolute Gasteiger partial charge is 0.460 e. The molecule has 2 rings (SSSR count). The van der Waals surface area contributed by atoms with E-state index in [1.54, 1.807) is 0 Å². The maximum absolute atomic E-state index is 13.7. The molecular formula is C15H11F10N2O4P. The highest BCUT2D eigenvalue weighted by Crippen LogP contribution is 2.64. The van der Waals surface area contributed by atoms with Gasteiger partial charge in [-0.15, -0.1) is 0 Å². The summed E-state index contributed by atoms with van der Waals surface area (Å²) in [5.41, 5.74) is -0.587. The highest BCUT2D eigenvalue weighted by atomic mass is 31.2. The lowest BCUT2D eigenvalue weighted by Gasteiger charge is -2.46. The number of amides is 1. The molecule has 6 nitrogen and oxygen atoms in total. The average molecular weight is 504 g/mol. The van der Waals surface area contributed by atoms with Gasteiger partial charge in [0, 0.05) is 7.05 Å². The summed E-state index contributed by atoms with van der Waals surface area (Å²) in [5, 5.41) is 0. The van der Waals surface area contributed by atoms with E-state index in [2.05, 4.69) is 4.52 Å². The van der Waals surface area contributed by atoms with Crippen LogP contribution in [0.3, 0.4) is 0 Å². The summed E-state index contributed by atoms with van der Waals surface area (Å²) >= 11 is 0. The first-order valence-electron chi connectivity index (χ1n) is 8.05. The highest BCUT2D eigenvalue weighted by Gasteiger charge is 2.79. The van der Waals surface area contributed by atoms with Crippen LogP contribution >= 0.6 is 8.02 Å². The van der Waals surface area contributed by atoms with Gasteiger partial charge in [-0.05, 0) is 12.1 Å². The molecule has 17 heteroatoms. The van der Waals surface area contributed by atoms with Gasteiger partial charge in [-0.25, -0.2) is 4.67 Å². The van der Waals surface area contributed by atoms with Crippen molar-refractivity contribution < 1.29 is 62.9 Å². The van der Waals surface area contributed by atoms with Crippen LogP contribution in [0.5, 0.6) is 0 Å². The van der Waals surface area contributed by atoms with Gasteiger partial charge >= 0.3 is 32.2 Å². The minimum Gasteiger partial charge on any atom is -0.617 e. The standard InChI is InChI=1S/C15H11F10N2O4P/c1-26-8-6-4-3-5-7(8)11(29)27(2)32(26,30)31-10(13(18,19)20)9(28)12(16,17)14(21,22)15(23,24)25/h3-6,10H,1-2H3. The third-order valence-corrected chi connectivity index (χ3v) is 6.77. The molecule has 1 heterocycles. The Morgan fingerprint density at radius 2 is 1.47 bits per heavy atom. The Bertz CT molecular complexity index is 922. The molecule has 180 valence electrons. The van der Waals surface area contributed by atoms with Crippen molar-refractivity contribution in [3.63, 3.8) is 0 Å². The summed E-state index contributed by atoms with van der Waals surface area (Å²) < 4.78 is 135. The summed E-state index contributed by atoms with van der Waals surface area (Å²) in [5.74, 6) is -19.5. The fourth-order valence-electron chi connectivity index (χ4n) is 2.60. The van der Waals surface area contributed by atoms with Gasteiger partial charge in [0.05, 0.1) is 18.3 Å².